The molecule has 160 valence electrons. The van der Waals surface area contributed by atoms with E-state index in [1.54, 1.807) is 30.3 Å². The molecule has 31 heavy (non-hydrogen) atoms. The number of nitrogens with zero attached hydrogens (tertiary/aromatic N) is 1. The van der Waals surface area contributed by atoms with Gasteiger partial charge >= 0.3 is 0 Å². The number of amides is 1. The number of hydrogen-bond acceptors (Lipinski definition) is 5. The number of fused-ring (bicyclic) bond motifs is 2. The van der Waals surface area contributed by atoms with Gasteiger partial charge in [-0.2, -0.15) is 0 Å². The molecule has 0 radical (unpaired) electrons. The van der Waals surface area contributed by atoms with E-state index in [0.717, 1.165) is 9.87 Å². The van der Waals surface area contributed by atoms with Crippen molar-refractivity contribution in [1.82, 2.24) is 4.31 Å². The van der Waals surface area contributed by atoms with Crippen LogP contribution in [0.3, 0.4) is 0 Å². The number of sulfonamides is 1. The molecule has 0 spiro atoms. The molecule has 0 fully saturated rings. The molecule has 0 unspecified atom stereocenters. The highest BCUT2D eigenvalue weighted by Crippen LogP contribution is 2.39. The van der Waals surface area contributed by atoms with Crippen molar-refractivity contribution >= 4 is 27.3 Å². The van der Waals surface area contributed by atoms with Crippen molar-refractivity contribution in [2.75, 3.05) is 31.3 Å². The Morgan fingerprint density at radius 3 is 2.42 bits per heavy atom. The molecule has 0 saturated carbocycles. The number of para-hydroxylation sites is 2. The van der Waals surface area contributed by atoms with Crippen molar-refractivity contribution in [2.24, 2.45) is 0 Å². The summed E-state index contributed by atoms with van der Waals surface area (Å²) in [6.07, 6.45) is 0.712. The van der Waals surface area contributed by atoms with Gasteiger partial charge in [0, 0.05) is 26.7 Å². The second kappa shape index (κ2) is 8.41. The van der Waals surface area contributed by atoms with Gasteiger partial charge in [0.05, 0.1) is 16.9 Å². The molecule has 8 heteroatoms. The lowest BCUT2D eigenvalue weighted by Gasteiger charge is -2.19. The number of ether oxygens (including phenoxy) is 1. The van der Waals surface area contributed by atoms with Crippen LogP contribution in [0.15, 0.2) is 71.6 Å². The minimum absolute atomic E-state index is 0.0222. The number of nitrogens with one attached hydrogen (secondary N) is 2. The zero-order valence-electron chi connectivity index (χ0n) is 17.3. The number of carbonyl (C=O) groups excluding carboxylic acids is 1. The van der Waals surface area contributed by atoms with Crippen molar-refractivity contribution in [3.8, 4) is 11.5 Å². The topological polar surface area (TPSA) is 87.7 Å². The zero-order chi connectivity index (χ0) is 22.0. The van der Waals surface area contributed by atoms with Gasteiger partial charge < -0.3 is 15.4 Å². The van der Waals surface area contributed by atoms with E-state index in [1.165, 1.54) is 20.2 Å². The molecular formula is C23H23N3O4S. The molecule has 3 aromatic rings. The predicted molar refractivity (Wildman–Crippen MR) is 120 cm³/mol. The quantitative estimate of drug-likeness (QED) is 0.610. The molecule has 0 atom stereocenters. The Morgan fingerprint density at radius 1 is 0.968 bits per heavy atom. The molecule has 1 heterocycles. The van der Waals surface area contributed by atoms with Gasteiger partial charge in [-0.15, -0.1) is 0 Å². The molecule has 7 nitrogen and oxygen atoms in total. The highest BCUT2D eigenvalue weighted by Gasteiger charge is 2.28. The van der Waals surface area contributed by atoms with Crippen molar-refractivity contribution in [3.63, 3.8) is 0 Å². The van der Waals surface area contributed by atoms with Crippen LogP contribution in [0.5, 0.6) is 11.5 Å². The maximum absolute atomic E-state index is 13.0. The van der Waals surface area contributed by atoms with Crippen LogP contribution in [0, 0.1) is 0 Å². The zero-order valence-corrected chi connectivity index (χ0v) is 18.1. The van der Waals surface area contributed by atoms with Crippen molar-refractivity contribution in [2.45, 2.75) is 11.3 Å². The molecule has 4 rings (SSSR count). The van der Waals surface area contributed by atoms with E-state index >= 15 is 0 Å². The fraction of sp³-hybridized carbons (Fsp3) is 0.174. The number of benzene rings is 3. The van der Waals surface area contributed by atoms with Crippen LogP contribution in [0.25, 0.3) is 0 Å². The second-order valence-corrected chi connectivity index (χ2v) is 9.47. The number of carbonyl (C=O) groups is 1. The van der Waals surface area contributed by atoms with Gasteiger partial charge in [0.2, 0.25) is 10.0 Å². The smallest absolute Gasteiger partial charge is 0.259 e. The van der Waals surface area contributed by atoms with Gasteiger partial charge in [-0.3, -0.25) is 4.79 Å². The summed E-state index contributed by atoms with van der Waals surface area (Å²) in [6, 6.07) is 19.9. The Balaban J connectivity index is 1.74. The number of rotatable bonds is 6. The average Bonchev–Trinajstić information content (AvgIpc) is 2.89. The summed E-state index contributed by atoms with van der Waals surface area (Å²) in [4.78, 5) is 12.8. The Hall–Kier alpha value is -3.36. The van der Waals surface area contributed by atoms with Crippen LogP contribution in [-0.2, 0) is 16.4 Å². The molecule has 0 saturated heterocycles. The highest BCUT2D eigenvalue weighted by atomic mass is 32.2. The maximum atomic E-state index is 13.0. The lowest BCUT2D eigenvalue weighted by atomic mass is 10.1. The van der Waals surface area contributed by atoms with Crippen LogP contribution in [0.1, 0.15) is 15.9 Å². The fourth-order valence-corrected chi connectivity index (χ4v) is 4.39. The summed E-state index contributed by atoms with van der Waals surface area (Å²) in [6.45, 7) is 0.515. The molecule has 1 aliphatic heterocycles. The van der Waals surface area contributed by atoms with E-state index in [-0.39, 0.29) is 10.5 Å². The molecule has 0 bridgehead atoms. The number of anilines is 2. The third kappa shape index (κ3) is 4.26. The van der Waals surface area contributed by atoms with Crippen LogP contribution < -0.4 is 15.4 Å². The molecule has 1 amide bonds. The van der Waals surface area contributed by atoms with E-state index in [1.807, 2.05) is 30.3 Å². The largest absolute Gasteiger partial charge is 0.454 e. The van der Waals surface area contributed by atoms with Gasteiger partial charge in [0.1, 0.15) is 10.6 Å². The standard InChI is InChI=1S/C23H23N3O4S/c1-26(2)31(28,29)22-14-17-21(30-20-11-7-6-10-18(20)25-23(17)27)15-19(22)24-13-12-16-8-4-3-5-9-16/h3-11,14-15,24H,12-13H2,1-2H3,(H,25,27). The van der Waals surface area contributed by atoms with Gasteiger partial charge in [0.25, 0.3) is 5.91 Å². The summed E-state index contributed by atoms with van der Waals surface area (Å²) in [5.74, 6) is 0.362. The molecular weight excluding hydrogens is 414 g/mol. The van der Waals surface area contributed by atoms with Crippen LogP contribution >= 0.6 is 0 Å². The van der Waals surface area contributed by atoms with Gasteiger partial charge in [-0.25, -0.2) is 12.7 Å². The average molecular weight is 438 g/mol. The molecule has 2 N–H and O–H groups in total. The third-order valence-corrected chi connectivity index (χ3v) is 6.87. The summed E-state index contributed by atoms with van der Waals surface area (Å²) in [5.41, 5.74) is 2.20. The van der Waals surface area contributed by atoms with Crippen molar-refractivity contribution in [1.29, 1.82) is 0 Å². The first-order valence-electron chi connectivity index (χ1n) is 9.83. The predicted octanol–water partition coefficient (Wildman–Crippen LogP) is 3.95. The number of hydrogen-bond donors (Lipinski definition) is 2. The molecule has 3 aromatic carbocycles. The van der Waals surface area contributed by atoms with Gasteiger partial charge in [-0.1, -0.05) is 42.5 Å². The van der Waals surface area contributed by atoms with E-state index in [4.69, 9.17) is 4.74 Å². The summed E-state index contributed by atoms with van der Waals surface area (Å²) >= 11 is 0. The SMILES string of the molecule is CN(C)S(=O)(=O)c1cc2c(cc1NCCc1ccccc1)Oc1ccccc1NC2=O. The Bertz CT molecular complexity index is 1220. The molecule has 0 aliphatic carbocycles. The van der Waals surface area contributed by atoms with Crippen molar-refractivity contribution < 1.29 is 17.9 Å². The molecule has 1 aliphatic rings. The summed E-state index contributed by atoms with van der Waals surface area (Å²) in [5, 5.41) is 5.99. The first-order chi connectivity index (χ1) is 14.9. The lowest BCUT2D eigenvalue weighted by molar-refractivity contribution is 0.102. The lowest BCUT2D eigenvalue weighted by Crippen LogP contribution is -2.24. The summed E-state index contributed by atoms with van der Waals surface area (Å²) < 4.78 is 33.1. The molecule has 0 aromatic heterocycles. The Morgan fingerprint density at radius 2 is 1.68 bits per heavy atom. The maximum Gasteiger partial charge on any atom is 0.259 e. The minimum atomic E-state index is -3.80. The first kappa shape index (κ1) is 20.9. The van der Waals surface area contributed by atoms with E-state index in [9.17, 15) is 13.2 Å². The Kier molecular flexibility index (Phi) is 5.67. The van der Waals surface area contributed by atoms with Gasteiger partial charge in [-0.05, 0) is 30.2 Å². The van der Waals surface area contributed by atoms with Gasteiger partial charge in [0.15, 0.2) is 5.75 Å². The summed E-state index contributed by atoms with van der Waals surface area (Å²) in [7, 11) is -0.885. The fourth-order valence-electron chi connectivity index (χ4n) is 3.32. The normalized spacial score (nSPS) is 12.9. The Labute approximate surface area is 181 Å². The van der Waals surface area contributed by atoms with Crippen LogP contribution in [-0.4, -0.2) is 39.3 Å². The highest BCUT2D eigenvalue weighted by molar-refractivity contribution is 7.89. The van der Waals surface area contributed by atoms with Crippen LogP contribution in [0.4, 0.5) is 11.4 Å². The monoisotopic (exact) mass is 437 g/mol. The van der Waals surface area contributed by atoms with Crippen LogP contribution in [0.2, 0.25) is 0 Å². The van der Waals surface area contributed by atoms with E-state index in [2.05, 4.69) is 10.6 Å². The van der Waals surface area contributed by atoms with E-state index < -0.39 is 15.9 Å². The van der Waals surface area contributed by atoms with E-state index in [0.29, 0.717) is 35.8 Å². The minimum Gasteiger partial charge on any atom is -0.454 e. The third-order valence-electron chi connectivity index (χ3n) is 5.01. The first-order valence-corrected chi connectivity index (χ1v) is 11.3. The second-order valence-electron chi connectivity index (χ2n) is 7.35. The van der Waals surface area contributed by atoms with Crippen molar-refractivity contribution in [3.05, 3.63) is 77.9 Å².